The number of nitrogens with zero attached hydrogens (tertiary/aromatic N) is 2. The lowest BCUT2D eigenvalue weighted by molar-refractivity contribution is -0.135. The lowest BCUT2D eigenvalue weighted by Gasteiger charge is -2.26. The van der Waals surface area contributed by atoms with Crippen LogP contribution in [0, 0.1) is 0 Å². The number of nitrogens with one attached hydrogen (secondary N) is 1. The van der Waals surface area contributed by atoms with Gasteiger partial charge in [-0.05, 0) is 31.0 Å². The van der Waals surface area contributed by atoms with Gasteiger partial charge < -0.3 is 14.4 Å². The van der Waals surface area contributed by atoms with Crippen molar-refractivity contribution in [1.82, 2.24) is 14.2 Å². The number of hydrogen-bond acceptors (Lipinski definition) is 7. The average Bonchev–Trinajstić information content (AvgIpc) is 3.38. The second-order valence-corrected chi connectivity index (χ2v) is 10.1. The van der Waals surface area contributed by atoms with Gasteiger partial charge in [0, 0.05) is 39.2 Å². The summed E-state index contributed by atoms with van der Waals surface area (Å²) in [6.07, 6.45) is 1.90. The van der Waals surface area contributed by atoms with E-state index in [2.05, 4.69) is 4.72 Å². The number of sulfonamides is 1. The summed E-state index contributed by atoms with van der Waals surface area (Å²) >= 11 is 0.985. The Morgan fingerprint density at radius 3 is 2.77 bits per heavy atom. The molecule has 0 radical (unpaired) electrons. The van der Waals surface area contributed by atoms with Crippen LogP contribution < -0.4 is 9.60 Å². The van der Waals surface area contributed by atoms with Gasteiger partial charge >= 0.3 is 4.87 Å². The number of ether oxygens (including phenoxy) is 2. The monoisotopic (exact) mass is 455 g/mol. The number of hydrogen-bond donors (Lipinski definition) is 1. The SMILES string of the molecule is O=C(CCn1c(=O)sc2cc(S(=O)(=O)NC[C@H]3CCCO3)ccc21)N1CCOCC1. The molecule has 1 aromatic carbocycles. The van der Waals surface area contributed by atoms with Gasteiger partial charge in [0.05, 0.1) is 34.4 Å². The summed E-state index contributed by atoms with van der Waals surface area (Å²) in [4.78, 5) is 26.5. The molecule has 30 heavy (non-hydrogen) atoms. The fraction of sp³-hybridized carbons (Fsp3) is 0.579. The van der Waals surface area contributed by atoms with Crippen molar-refractivity contribution in [3.63, 3.8) is 0 Å². The molecule has 1 aromatic heterocycles. The van der Waals surface area contributed by atoms with Crippen LogP contribution >= 0.6 is 11.3 Å². The van der Waals surface area contributed by atoms with E-state index in [1.165, 1.54) is 16.7 Å². The van der Waals surface area contributed by atoms with E-state index >= 15 is 0 Å². The number of rotatable bonds is 7. The van der Waals surface area contributed by atoms with Gasteiger partial charge in [0.15, 0.2) is 0 Å². The van der Waals surface area contributed by atoms with Gasteiger partial charge in [-0.3, -0.25) is 14.2 Å². The number of aryl methyl sites for hydroxylation is 1. The van der Waals surface area contributed by atoms with Crippen molar-refractivity contribution in [2.24, 2.45) is 0 Å². The van der Waals surface area contributed by atoms with E-state index in [1.54, 1.807) is 11.0 Å². The first-order valence-corrected chi connectivity index (χ1v) is 12.3. The lowest BCUT2D eigenvalue weighted by atomic mass is 10.2. The molecule has 0 unspecified atom stereocenters. The minimum atomic E-state index is -3.69. The van der Waals surface area contributed by atoms with Crippen LogP contribution in [0.5, 0.6) is 0 Å². The first-order chi connectivity index (χ1) is 14.4. The second kappa shape index (κ2) is 9.15. The van der Waals surface area contributed by atoms with Crippen LogP contribution in [-0.2, 0) is 30.8 Å². The number of thiazole rings is 1. The summed E-state index contributed by atoms with van der Waals surface area (Å²) in [6, 6.07) is 4.64. The number of aromatic nitrogens is 1. The number of amides is 1. The van der Waals surface area contributed by atoms with Crippen molar-refractivity contribution in [1.29, 1.82) is 0 Å². The van der Waals surface area contributed by atoms with Gasteiger partial charge in [-0.2, -0.15) is 0 Å². The van der Waals surface area contributed by atoms with Crippen molar-refractivity contribution >= 4 is 37.5 Å². The Morgan fingerprint density at radius 2 is 2.03 bits per heavy atom. The van der Waals surface area contributed by atoms with E-state index in [1.807, 2.05) is 0 Å². The summed E-state index contributed by atoms with van der Waals surface area (Å²) in [5.74, 6) is -0.0120. The molecule has 0 aliphatic carbocycles. The van der Waals surface area contributed by atoms with Gasteiger partial charge in [0.1, 0.15) is 0 Å². The highest BCUT2D eigenvalue weighted by Crippen LogP contribution is 2.22. The minimum Gasteiger partial charge on any atom is -0.378 e. The quantitative estimate of drug-likeness (QED) is 0.661. The first-order valence-electron chi connectivity index (χ1n) is 10.0. The van der Waals surface area contributed by atoms with E-state index in [0.29, 0.717) is 43.1 Å². The smallest absolute Gasteiger partial charge is 0.308 e. The molecular formula is C19H25N3O6S2. The molecule has 164 valence electrons. The van der Waals surface area contributed by atoms with Crippen molar-refractivity contribution in [2.75, 3.05) is 39.5 Å². The highest BCUT2D eigenvalue weighted by Gasteiger charge is 2.22. The molecule has 9 nitrogen and oxygen atoms in total. The molecule has 1 amide bonds. The maximum Gasteiger partial charge on any atom is 0.308 e. The Bertz CT molecular complexity index is 1070. The zero-order chi connectivity index (χ0) is 21.1. The Hall–Kier alpha value is -1.79. The molecule has 2 aliphatic rings. The molecule has 2 aromatic rings. The highest BCUT2D eigenvalue weighted by atomic mass is 32.2. The van der Waals surface area contributed by atoms with Gasteiger partial charge in [0.2, 0.25) is 15.9 Å². The molecule has 4 rings (SSSR count). The Balaban J connectivity index is 1.46. The number of carbonyl (C=O) groups is 1. The van der Waals surface area contributed by atoms with Crippen LogP contribution in [0.15, 0.2) is 27.9 Å². The Kier molecular flexibility index (Phi) is 6.54. The fourth-order valence-corrected chi connectivity index (χ4v) is 5.82. The maximum absolute atomic E-state index is 12.6. The highest BCUT2D eigenvalue weighted by molar-refractivity contribution is 7.89. The molecule has 2 fully saturated rings. The fourth-order valence-electron chi connectivity index (χ4n) is 3.70. The summed E-state index contributed by atoms with van der Waals surface area (Å²) in [5, 5.41) is 0. The van der Waals surface area contributed by atoms with Crippen LogP contribution in [0.4, 0.5) is 0 Å². The molecule has 1 atom stereocenters. The predicted octanol–water partition coefficient (Wildman–Crippen LogP) is 0.769. The molecule has 2 aliphatic heterocycles. The van der Waals surface area contributed by atoms with E-state index in [0.717, 1.165) is 24.2 Å². The molecule has 0 spiro atoms. The molecule has 0 bridgehead atoms. The standard InChI is InChI=1S/C19H25N3O6S2/c23-18(21-7-10-27-11-8-21)5-6-22-16-4-3-15(12-17(16)29-19(22)24)30(25,26)20-13-14-2-1-9-28-14/h3-4,12,14,20H,1-2,5-11,13H2/t14-/m1/s1. The molecule has 2 saturated heterocycles. The molecule has 0 saturated carbocycles. The van der Waals surface area contributed by atoms with Crippen LogP contribution in [0.1, 0.15) is 19.3 Å². The largest absolute Gasteiger partial charge is 0.378 e. The summed E-state index contributed by atoms with van der Waals surface area (Å²) in [6.45, 7) is 3.36. The van der Waals surface area contributed by atoms with Gasteiger partial charge in [-0.25, -0.2) is 13.1 Å². The van der Waals surface area contributed by atoms with Crippen molar-refractivity contribution < 1.29 is 22.7 Å². The van der Waals surface area contributed by atoms with Crippen LogP contribution in [0.2, 0.25) is 0 Å². The summed E-state index contributed by atoms with van der Waals surface area (Å²) in [7, 11) is -3.69. The van der Waals surface area contributed by atoms with Crippen LogP contribution in [0.3, 0.4) is 0 Å². The first kappa shape index (κ1) is 21.4. The number of morpholine rings is 1. The van der Waals surface area contributed by atoms with E-state index < -0.39 is 10.0 Å². The average molecular weight is 456 g/mol. The molecule has 1 N–H and O–H groups in total. The third-order valence-electron chi connectivity index (χ3n) is 5.39. The Labute approximate surface area is 178 Å². The summed E-state index contributed by atoms with van der Waals surface area (Å²) in [5.41, 5.74) is 0.637. The van der Waals surface area contributed by atoms with Crippen LogP contribution in [-0.4, -0.2) is 69.4 Å². The number of carbonyl (C=O) groups excluding carboxylic acids is 1. The van der Waals surface area contributed by atoms with Crippen molar-refractivity contribution in [2.45, 2.75) is 36.8 Å². The van der Waals surface area contributed by atoms with E-state index in [-0.39, 0.29) is 41.3 Å². The Morgan fingerprint density at radius 1 is 1.23 bits per heavy atom. The third-order valence-corrected chi connectivity index (χ3v) is 7.75. The lowest BCUT2D eigenvalue weighted by Crippen LogP contribution is -2.41. The van der Waals surface area contributed by atoms with Gasteiger partial charge in [-0.15, -0.1) is 0 Å². The molecule has 3 heterocycles. The predicted molar refractivity (Wildman–Crippen MR) is 112 cm³/mol. The number of fused-ring (bicyclic) bond motifs is 1. The molecule has 11 heteroatoms. The zero-order valence-corrected chi connectivity index (χ0v) is 18.2. The van der Waals surface area contributed by atoms with E-state index in [4.69, 9.17) is 9.47 Å². The second-order valence-electron chi connectivity index (χ2n) is 7.38. The van der Waals surface area contributed by atoms with Gasteiger partial charge in [-0.1, -0.05) is 11.3 Å². The summed E-state index contributed by atoms with van der Waals surface area (Å²) < 4.78 is 40.6. The van der Waals surface area contributed by atoms with Crippen molar-refractivity contribution in [3.8, 4) is 0 Å². The topological polar surface area (TPSA) is 107 Å². The van der Waals surface area contributed by atoms with Crippen LogP contribution in [0.25, 0.3) is 10.2 Å². The van der Waals surface area contributed by atoms with Gasteiger partial charge in [0.25, 0.3) is 0 Å². The maximum atomic E-state index is 12.6. The normalized spacial score (nSPS) is 20.1. The minimum absolute atomic E-state index is 0.0120. The third kappa shape index (κ3) is 4.75. The zero-order valence-electron chi connectivity index (χ0n) is 16.5. The number of benzene rings is 1. The molecular weight excluding hydrogens is 430 g/mol. The van der Waals surface area contributed by atoms with Crippen molar-refractivity contribution in [3.05, 3.63) is 27.9 Å². The van der Waals surface area contributed by atoms with E-state index in [9.17, 15) is 18.0 Å².